The molecule has 0 atom stereocenters. The van der Waals surface area contributed by atoms with Gasteiger partial charge in [0, 0.05) is 18.8 Å². The summed E-state index contributed by atoms with van der Waals surface area (Å²) in [6, 6.07) is 3.85. The minimum Gasteiger partial charge on any atom is -0.264 e. The summed E-state index contributed by atoms with van der Waals surface area (Å²) in [5.41, 5.74) is 1.10. The molecule has 1 nitrogen and oxygen atoms in total. The van der Waals surface area contributed by atoms with Crippen molar-refractivity contribution < 1.29 is 0 Å². The Morgan fingerprint density at radius 3 is 3.11 bits per heavy atom. The SMILES string of the molecule is C#CCc1cccnc1. The van der Waals surface area contributed by atoms with E-state index in [4.69, 9.17) is 6.42 Å². The third kappa shape index (κ3) is 1.58. The van der Waals surface area contributed by atoms with Gasteiger partial charge in [-0.2, -0.15) is 0 Å². The molecule has 1 rings (SSSR count). The molecule has 44 valence electrons. The molecule has 0 amide bonds. The van der Waals surface area contributed by atoms with Gasteiger partial charge in [0.15, 0.2) is 0 Å². The number of hydrogen-bond acceptors (Lipinski definition) is 1. The molecule has 0 aliphatic heterocycles. The zero-order chi connectivity index (χ0) is 6.53. The van der Waals surface area contributed by atoms with Gasteiger partial charge in [-0.15, -0.1) is 12.3 Å². The van der Waals surface area contributed by atoms with Gasteiger partial charge in [0.25, 0.3) is 0 Å². The maximum atomic E-state index is 5.08. The van der Waals surface area contributed by atoms with Crippen molar-refractivity contribution in [1.82, 2.24) is 4.98 Å². The van der Waals surface area contributed by atoms with Crippen LogP contribution in [0.2, 0.25) is 0 Å². The second-order valence-corrected chi connectivity index (χ2v) is 1.74. The van der Waals surface area contributed by atoms with Gasteiger partial charge in [-0.05, 0) is 11.6 Å². The Hall–Kier alpha value is -1.29. The summed E-state index contributed by atoms with van der Waals surface area (Å²) < 4.78 is 0. The van der Waals surface area contributed by atoms with Crippen molar-refractivity contribution in [3.05, 3.63) is 30.1 Å². The molecule has 0 unspecified atom stereocenters. The third-order valence-electron chi connectivity index (χ3n) is 1.03. The molecule has 0 radical (unpaired) electrons. The van der Waals surface area contributed by atoms with Gasteiger partial charge in [0.1, 0.15) is 0 Å². The van der Waals surface area contributed by atoms with E-state index in [0.29, 0.717) is 6.42 Å². The second kappa shape index (κ2) is 2.88. The molecule has 0 spiro atoms. The standard InChI is InChI=1S/C8H7N/c1-2-4-8-5-3-6-9-7-8/h1,3,5-7H,4H2. The van der Waals surface area contributed by atoms with E-state index in [1.54, 1.807) is 12.4 Å². The van der Waals surface area contributed by atoms with Crippen LogP contribution in [0, 0.1) is 12.3 Å². The highest BCUT2D eigenvalue weighted by Gasteiger charge is 1.83. The Bertz CT molecular complexity index is 208. The zero-order valence-corrected chi connectivity index (χ0v) is 5.04. The molecule has 1 aromatic heterocycles. The topological polar surface area (TPSA) is 12.9 Å². The van der Waals surface area contributed by atoms with Gasteiger partial charge < -0.3 is 0 Å². The van der Waals surface area contributed by atoms with E-state index in [1.807, 2.05) is 12.1 Å². The van der Waals surface area contributed by atoms with E-state index in [-0.39, 0.29) is 0 Å². The van der Waals surface area contributed by atoms with Gasteiger partial charge in [-0.1, -0.05) is 6.07 Å². The molecule has 1 aromatic rings. The average molecular weight is 117 g/mol. The quantitative estimate of drug-likeness (QED) is 0.504. The first-order valence-corrected chi connectivity index (χ1v) is 2.76. The fourth-order valence-corrected chi connectivity index (χ4v) is 0.621. The summed E-state index contributed by atoms with van der Waals surface area (Å²) in [4.78, 5) is 3.91. The Morgan fingerprint density at radius 2 is 2.56 bits per heavy atom. The number of pyridine rings is 1. The molecule has 1 heteroatoms. The van der Waals surface area contributed by atoms with Crippen LogP contribution in [0.4, 0.5) is 0 Å². The van der Waals surface area contributed by atoms with Gasteiger partial charge in [-0.25, -0.2) is 0 Å². The first kappa shape index (κ1) is 5.84. The summed E-state index contributed by atoms with van der Waals surface area (Å²) in [6.45, 7) is 0. The zero-order valence-electron chi connectivity index (χ0n) is 5.04. The normalized spacial score (nSPS) is 8.33. The summed E-state index contributed by atoms with van der Waals surface area (Å²) in [5.74, 6) is 2.54. The lowest BCUT2D eigenvalue weighted by atomic mass is 10.2. The van der Waals surface area contributed by atoms with Crippen molar-refractivity contribution >= 4 is 0 Å². The molecular weight excluding hydrogens is 110 g/mol. The van der Waals surface area contributed by atoms with Gasteiger partial charge in [-0.3, -0.25) is 4.98 Å². The number of hydrogen-bond donors (Lipinski definition) is 0. The van der Waals surface area contributed by atoms with Crippen LogP contribution in [0.15, 0.2) is 24.5 Å². The largest absolute Gasteiger partial charge is 0.264 e. The lowest BCUT2D eigenvalue weighted by molar-refractivity contribution is 1.21. The molecule has 0 N–H and O–H groups in total. The lowest BCUT2D eigenvalue weighted by Gasteiger charge is -1.88. The maximum absolute atomic E-state index is 5.08. The number of aromatic nitrogens is 1. The van der Waals surface area contributed by atoms with Crippen LogP contribution in [0.1, 0.15) is 5.56 Å². The first-order valence-electron chi connectivity index (χ1n) is 2.76. The van der Waals surface area contributed by atoms with E-state index < -0.39 is 0 Å². The number of terminal acetylenes is 1. The molecule has 0 bridgehead atoms. The molecule has 9 heavy (non-hydrogen) atoms. The lowest BCUT2D eigenvalue weighted by Crippen LogP contribution is -1.79. The van der Waals surface area contributed by atoms with Crippen molar-refractivity contribution in [3.63, 3.8) is 0 Å². The number of nitrogens with zero attached hydrogens (tertiary/aromatic N) is 1. The van der Waals surface area contributed by atoms with Crippen LogP contribution in [0.25, 0.3) is 0 Å². The van der Waals surface area contributed by atoms with Crippen molar-refractivity contribution in [2.45, 2.75) is 6.42 Å². The van der Waals surface area contributed by atoms with Crippen LogP contribution in [0.3, 0.4) is 0 Å². The van der Waals surface area contributed by atoms with Gasteiger partial charge in [0.05, 0.1) is 0 Å². The van der Waals surface area contributed by atoms with Gasteiger partial charge in [0.2, 0.25) is 0 Å². The highest BCUT2D eigenvalue weighted by Crippen LogP contribution is 1.93. The van der Waals surface area contributed by atoms with E-state index in [2.05, 4.69) is 10.9 Å². The highest BCUT2D eigenvalue weighted by atomic mass is 14.6. The second-order valence-electron chi connectivity index (χ2n) is 1.74. The van der Waals surface area contributed by atoms with Crippen molar-refractivity contribution in [2.75, 3.05) is 0 Å². The summed E-state index contributed by atoms with van der Waals surface area (Å²) in [5, 5.41) is 0. The van der Waals surface area contributed by atoms with E-state index in [1.165, 1.54) is 0 Å². The average Bonchev–Trinajstić information content (AvgIpc) is 1.91. The first-order chi connectivity index (χ1) is 4.43. The summed E-state index contributed by atoms with van der Waals surface area (Å²) >= 11 is 0. The van der Waals surface area contributed by atoms with Crippen LogP contribution in [-0.4, -0.2) is 4.98 Å². The summed E-state index contributed by atoms with van der Waals surface area (Å²) in [7, 11) is 0. The predicted molar refractivity (Wildman–Crippen MR) is 36.8 cm³/mol. The Kier molecular flexibility index (Phi) is 1.87. The molecule has 0 fully saturated rings. The smallest absolute Gasteiger partial charge is 0.0352 e. The van der Waals surface area contributed by atoms with E-state index in [9.17, 15) is 0 Å². The van der Waals surface area contributed by atoms with Crippen molar-refractivity contribution in [1.29, 1.82) is 0 Å². The van der Waals surface area contributed by atoms with E-state index in [0.717, 1.165) is 5.56 Å². The molecule has 0 aliphatic rings. The van der Waals surface area contributed by atoms with Crippen LogP contribution in [-0.2, 0) is 6.42 Å². The van der Waals surface area contributed by atoms with Crippen LogP contribution in [0.5, 0.6) is 0 Å². The van der Waals surface area contributed by atoms with Crippen LogP contribution >= 0.6 is 0 Å². The van der Waals surface area contributed by atoms with Gasteiger partial charge >= 0.3 is 0 Å². The molecular formula is C8H7N. The fraction of sp³-hybridized carbons (Fsp3) is 0.125. The Morgan fingerprint density at radius 1 is 1.67 bits per heavy atom. The summed E-state index contributed by atoms with van der Waals surface area (Å²) in [6.07, 6.45) is 9.27. The van der Waals surface area contributed by atoms with Crippen LogP contribution < -0.4 is 0 Å². The minimum absolute atomic E-state index is 0.674. The fourth-order valence-electron chi connectivity index (χ4n) is 0.621. The highest BCUT2D eigenvalue weighted by molar-refractivity contribution is 5.14. The third-order valence-corrected chi connectivity index (χ3v) is 1.03. The van der Waals surface area contributed by atoms with Crippen molar-refractivity contribution in [2.24, 2.45) is 0 Å². The monoisotopic (exact) mass is 117 g/mol. The molecule has 0 aromatic carbocycles. The Labute approximate surface area is 54.7 Å². The Balaban J connectivity index is 2.76. The minimum atomic E-state index is 0.674. The predicted octanol–water partition coefficient (Wildman–Crippen LogP) is 1.26. The van der Waals surface area contributed by atoms with Crippen molar-refractivity contribution in [3.8, 4) is 12.3 Å². The molecule has 0 aliphatic carbocycles. The van der Waals surface area contributed by atoms with E-state index >= 15 is 0 Å². The molecule has 1 heterocycles. The molecule has 0 saturated carbocycles. The maximum Gasteiger partial charge on any atom is 0.0352 e. The number of rotatable bonds is 1. The molecule has 0 saturated heterocycles.